The molecule has 4 rings (SSSR count). The molecule has 0 spiro atoms. The minimum Gasteiger partial charge on any atom is -0.493 e. The number of aromatic nitrogens is 1. The summed E-state index contributed by atoms with van der Waals surface area (Å²) < 4.78 is 29.4. The lowest BCUT2D eigenvalue weighted by molar-refractivity contribution is 0.127. The molecule has 9 heteroatoms. The van der Waals surface area contributed by atoms with Gasteiger partial charge in [-0.05, 0) is 30.0 Å². The van der Waals surface area contributed by atoms with E-state index in [0.29, 0.717) is 42.9 Å². The van der Waals surface area contributed by atoms with Crippen LogP contribution in [0.4, 0.5) is 10.1 Å². The summed E-state index contributed by atoms with van der Waals surface area (Å²) in [7, 11) is 3.06. The Morgan fingerprint density at radius 2 is 2.06 bits per heavy atom. The van der Waals surface area contributed by atoms with Gasteiger partial charge in [0.1, 0.15) is 24.0 Å². The van der Waals surface area contributed by atoms with E-state index < -0.39 is 0 Å². The predicted octanol–water partition coefficient (Wildman–Crippen LogP) is 3.09. The molecular formula is C22H26FN5O3. The summed E-state index contributed by atoms with van der Waals surface area (Å²) in [6.07, 6.45) is 2.45. The smallest absolute Gasteiger partial charge is 0.213 e. The number of guanidine groups is 1. The fraction of sp³-hybridized carbons (Fsp3) is 0.409. The monoisotopic (exact) mass is 427 g/mol. The van der Waals surface area contributed by atoms with Crippen molar-refractivity contribution in [2.24, 2.45) is 5.92 Å². The molecule has 2 aromatic rings. The highest BCUT2D eigenvalue weighted by Crippen LogP contribution is 2.42. The Kier molecular flexibility index (Phi) is 6.03. The van der Waals surface area contributed by atoms with Gasteiger partial charge in [0.25, 0.3) is 0 Å². The van der Waals surface area contributed by atoms with Crippen LogP contribution in [0, 0.1) is 22.6 Å². The van der Waals surface area contributed by atoms with Gasteiger partial charge in [0, 0.05) is 38.2 Å². The normalized spacial score (nSPS) is 17.9. The van der Waals surface area contributed by atoms with Crippen LogP contribution in [-0.2, 0) is 4.74 Å². The van der Waals surface area contributed by atoms with Crippen LogP contribution in [-0.4, -0.2) is 62.2 Å². The first kappa shape index (κ1) is 21.0. The highest BCUT2D eigenvalue weighted by molar-refractivity contribution is 6.16. The van der Waals surface area contributed by atoms with Crippen LogP contribution >= 0.6 is 0 Å². The maximum absolute atomic E-state index is 13.6. The Labute approximate surface area is 180 Å². The van der Waals surface area contributed by atoms with E-state index in [1.807, 2.05) is 11.0 Å². The molecule has 2 N–H and O–H groups in total. The maximum Gasteiger partial charge on any atom is 0.213 e. The fourth-order valence-corrected chi connectivity index (χ4v) is 4.19. The lowest BCUT2D eigenvalue weighted by atomic mass is 9.78. The lowest BCUT2D eigenvalue weighted by Gasteiger charge is -2.47. The molecule has 3 heterocycles. The molecule has 164 valence electrons. The largest absolute Gasteiger partial charge is 0.493 e. The number of methoxy groups -OCH3 is 2. The van der Waals surface area contributed by atoms with Crippen molar-refractivity contribution in [3.63, 3.8) is 0 Å². The van der Waals surface area contributed by atoms with E-state index in [4.69, 9.17) is 25.0 Å². The molecule has 1 fully saturated rings. The molecule has 2 aliphatic rings. The van der Waals surface area contributed by atoms with Crippen molar-refractivity contribution >= 4 is 17.5 Å². The first-order chi connectivity index (χ1) is 15.0. The molecule has 8 nitrogen and oxygen atoms in total. The zero-order chi connectivity index (χ0) is 22.0. The predicted molar refractivity (Wildman–Crippen MR) is 115 cm³/mol. The van der Waals surface area contributed by atoms with Crippen LogP contribution in [0.1, 0.15) is 17.9 Å². The SMILES string of the molecule is COCC(=N)N(C(=N)N1CC(C2CCOc3cc(F)ccc32)C1)c1ccc(OC)nc1. The van der Waals surface area contributed by atoms with Gasteiger partial charge in [-0.25, -0.2) is 9.37 Å². The number of nitrogens with zero attached hydrogens (tertiary/aromatic N) is 3. The molecular weight excluding hydrogens is 401 g/mol. The van der Waals surface area contributed by atoms with Gasteiger partial charge < -0.3 is 19.1 Å². The topological polar surface area (TPSA) is 94.8 Å². The molecule has 0 aliphatic carbocycles. The van der Waals surface area contributed by atoms with E-state index in [0.717, 1.165) is 12.0 Å². The summed E-state index contributed by atoms with van der Waals surface area (Å²) in [6.45, 7) is 2.00. The molecule has 1 aromatic carbocycles. The molecule has 1 unspecified atom stereocenters. The van der Waals surface area contributed by atoms with Crippen LogP contribution in [0.15, 0.2) is 36.5 Å². The van der Waals surface area contributed by atoms with Gasteiger partial charge in [-0.2, -0.15) is 0 Å². The first-order valence-electron chi connectivity index (χ1n) is 10.1. The van der Waals surface area contributed by atoms with Crippen LogP contribution in [0.3, 0.4) is 0 Å². The first-order valence-corrected chi connectivity index (χ1v) is 10.1. The molecule has 0 radical (unpaired) electrons. The fourth-order valence-electron chi connectivity index (χ4n) is 4.19. The van der Waals surface area contributed by atoms with Crippen molar-refractivity contribution in [3.8, 4) is 11.6 Å². The zero-order valence-electron chi connectivity index (χ0n) is 17.6. The average Bonchev–Trinajstić information content (AvgIpc) is 2.73. The third-order valence-electron chi connectivity index (χ3n) is 5.79. The Bertz CT molecular complexity index is 962. The quantitative estimate of drug-likeness (QED) is 0.563. The third-order valence-corrected chi connectivity index (χ3v) is 5.79. The van der Waals surface area contributed by atoms with E-state index in [1.165, 1.54) is 31.3 Å². The summed E-state index contributed by atoms with van der Waals surface area (Å²) in [5, 5.41) is 17.1. The summed E-state index contributed by atoms with van der Waals surface area (Å²) in [6, 6.07) is 8.21. The number of nitrogens with one attached hydrogen (secondary N) is 2. The van der Waals surface area contributed by atoms with Crippen LogP contribution in [0.25, 0.3) is 0 Å². The second-order valence-corrected chi connectivity index (χ2v) is 7.69. The van der Waals surface area contributed by atoms with Gasteiger partial charge in [-0.3, -0.25) is 15.7 Å². The highest BCUT2D eigenvalue weighted by Gasteiger charge is 2.40. The van der Waals surface area contributed by atoms with Crippen LogP contribution < -0.4 is 14.4 Å². The number of hydrogen-bond acceptors (Lipinski definition) is 6. The number of pyridine rings is 1. The Morgan fingerprint density at radius 3 is 2.74 bits per heavy atom. The summed E-state index contributed by atoms with van der Waals surface area (Å²) in [5.41, 5.74) is 1.63. The van der Waals surface area contributed by atoms with Crippen molar-refractivity contribution in [2.75, 3.05) is 45.4 Å². The second kappa shape index (κ2) is 8.89. The van der Waals surface area contributed by atoms with Gasteiger partial charge >= 0.3 is 0 Å². The lowest BCUT2D eigenvalue weighted by Crippen LogP contribution is -2.58. The van der Waals surface area contributed by atoms with Crippen molar-refractivity contribution in [3.05, 3.63) is 47.9 Å². The van der Waals surface area contributed by atoms with E-state index >= 15 is 0 Å². The number of ether oxygens (including phenoxy) is 3. The third kappa shape index (κ3) is 4.18. The van der Waals surface area contributed by atoms with Gasteiger partial charge in [-0.1, -0.05) is 6.07 Å². The summed E-state index contributed by atoms with van der Waals surface area (Å²) >= 11 is 0. The maximum atomic E-state index is 13.6. The van der Waals surface area contributed by atoms with Crippen molar-refractivity contribution in [1.82, 2.24) is 9.88 Å². The van der Waals surface area contributed by atoms with E-state index in [2.05, 4.69) is 4.98 Å². The van der Waals surface area contributed by atoms with Gasteiger partial charge in [0.15, 0.2) is 0 Å². The minimum atomic E-state index is -0.295. The van der Waals surface area contributed by atoms with E-state index in [1.54, 1.807) is 18.3 Å². The molecule has 0 bridgehead atoms. The number of hydrogen-bond donors (Lipinski definition) is 2. The second-order valence-electron chi connectivity index (χ2n) is 7.69. The van der Waals surface area contributed by atoms with E-state index in [9.17, 15) is 4.39 Å². The van der Waals surface area contributed by atoms with Crippen molar-refractivity contribution in [1.29, 1.82) is 10.8 Å². The van der Waals surface area contributed by atoms with Gasteiger partial charge in [0.05, 0.1) is 25.6 Å². The number of anilines is 1. The van der Waals surface area contributed by atoms with Gasteiger partial charge in [-0.15, -0.1) is 0 Å². The zero-order valence-corrected chi connectivity index (χ0v) is 17.6. The van der Waals surface area contributed by atoms with Gasteiger partial charge in [0.2, 0.25) is 11.8 Å². The van der Waals surface area contributed by atoms with Crippen molar-refractivity contribution in [2.45, 2.75) is 12.3 Å². The minimum absolute atomic E-state index is 0.0740. The summed E-state index contributed by atoms with van der Waals surface area (Å²) in [5.74, 6) is 1.75. The standard InChI is InChI=1S/C22H26FN5O3/c1-29-13-20(24)28(16-4-6-21(30-2)26-10-16)22(25)27-11-14(12-27)17-7-8-31-19-9-15(23)3-5-18(17)19/h3-6,9-10,14,17,24-25H,7-8,11-13H2,1-2H3. The number of benzene rings is 1. The Morgan fingerprint density at radius 1 is 1.26 bits per heavy atom. The molecule has 2 aliphatic heterocycles. The molecule has 0 amide bonds. The number of amidine groups is 1. The number of fused-ring (bicyclic) bond motifs is 1. The highest BCUT2D eigenvalue weighted by atomic mass is 19.1. The van der Waals surface area contributed by atoms with Crippen molar-refractivity contribution < 1.29 is 18.6 Å². The summed E-state index contributed by atoms with van der Waals surface area (Å²) in [4.78, 5) is 7.66. The Hall–Kier alpha value is -3.20. The molecule has 0 saturated carbocycles. The molecule has 1 aromatic heterocycles. The van der Waals surface area contributed by atoms with E-state index in [-0.39, 0.29) is 30.1 Å². The number of halogens is 1. The molecule has 1 atom stereocenters. The molecule has 31 heavy (non-hydrogen) atoms. The average molecular weight is 427 g/mol. The van der Waals surface area contributed by atoms with Crippen LogP contribution in [0.5, 0.6) is 11.6 Å². The number of rotatable bonds is 5. The number of likely N-dealkylation sites (tertiary alicyclic amines) is 1. The Balaban J connectivity index is 1.48. The van der Waals surface area contributed by atoms with Crippen LogP contribution in [0.2, 0.25) is 0 Å². The molecule has 1 saturated heterocycles.